The van der Waals surface area contributed by atoms with Gasteiger partial charge in [0.15, 0.2) is 17.0 Å². The number of nitrogens with zero attached hydrogens (tertiary/aromatic N) is 6. The van der Waals surface area contributed by atoms with E-state index in [0.717, 1.165) is 11.5 Å². The molecule has 0 fully saturated rings. The van der Waals surface area contributed by atoms with Gasteiger partial charge in [-0.05, 0) is 19.4 Å². The first kappa shape index (κ1) is 16.1. The maximum absolute atomic E-state index is 5.85. The highest BCUT2D eigenvalue weighted by Crippen LogP contribution is 2.24. The van der Waals surface area contributed by atoms with E-state index in [1.54, 1.807) is 6.20 Å². The minimum absolute atomic E-state index is 0.204. The van der Waals surface area contributed by atoms with Crippen LogP contribution in [0.5, 0.6) is 0 Å². The predicted octanol–water partition coefficient (Wildman–Crippen LogP) is 2.55. The van der Waals surface area contributed by atoms with E-state index < -0.39 is 0 Å². The summed E-state index contributed by atoms with van der Waals surface area (Å²) in [4.78, 5) is 13.1. The van der Waals surface area contributed by atoms with Gasteiger partial charge in [0.2, 0.25) is 5.95 Å². The van der Waals surface area contributed by atoms with E-state index >= 15 is 0 Å². The van der Waals surface area contributed by atoms with Crippen molar-refractivity contribution >= 4 is 28.6 Å². The van der Waals surface area contributed by atoms with E-state index in [0.29, 0.717) is 23.5 Å². The summed E-state index contributed by atoms with van der Waals surface area (Å²) in [5.41, 5.74) is 10.5. The Kier molecular flexibility index (Phi) is 3.80. The van der Waals surface area contributed by atoms with Crippen LogP contribution in [-0.4, -0.2) is 29.3 Å². The van der Waals surface area contributed by atoms with E-state index in [2.05, 4.69) is 56.6 Å². The number of aryl methyl sites for hydroxylation is 3. The van der Waals surface area contributed by atoms with E-state index in [-0.39, 0.29) is 5.95 Å². The number of aromatic nitrogens is 6. The molecular formula is C18H20N8. The zero-order valence-corrected chi connectivity index (χ0v) is 14.9. The number of hydrogen-bond donors (Lipinski definition) is 2. The quantitative estimate of drug-likeness (QED) is 0.588. The first-order valence-corrected chi connectivity index (χ1v) is 8.31. The lowest BCUT2D eigenvalue weighted by atomic mass is 10.1. The molecule has 26 heavy (non-hydrogen) atoms. The highest BCUT2D eigenvalue weighted by Gasteiger charge is 2.14. The second kappa shape index (κ2) is 6.14. The minimum Gasteiger partial charge on any atom is -0.368 e. The lowest BCUT2D eigenvalue weighted by Gasteiger charge is -2.05. The summed E-state index contributed by atoms with van der Waals surface area (Å²) in [6, 6.07) is 8.38. The third kappa shape index (κ3) is 2.97. The van der Waals surface area contributed by atoms with Crippen molar-refractivity contribution in [2.45, 2.75) is 20.4 Å². The average Bonchev–Trinajstić information content (AvgIpc) is 3.14. The number of benzene rings is 1. The summed E-state index contributed by atoms with van der Waals surface area (Å²) in [5, 5.41) is 7.67. The van der Waals surface area contributed by atoms with E-state index in [4.69, 9.17) is 5.73 Å². The van der Waals surface area contributed by atoms with Gasteiger partial charge in [-0.3, -0.25) is 4.68 Å². The summed E-state index contributed by atoms with van der Waals surface area (Å²) in [7, 11) is 1.90. The number of imidazole rings is 1. The standard InChI is InChI=1S/C18H20N8/c1-11-5-4-6-13(7-11)9-26-10-14(8-20-26)22-16-15-17(24-18(19)23-16)25(3)12(2)21-15/h4-8,10H,9H2,1-3H3,(H3,19,22,23,24). The molecule has 0 saturated carbocycles. The molecule has 0 unspecified atom stereocenters. The van der Waals surface area contributed by atoms with Crippen molar-refractivity contribution in [1.29, 1.82) is 0 Å². The molecule has 0 amide bonds. The lowest BCUT2D eigenvalue weighted by Crippen LogP contribution is -2.02. The molecule has 8 heteroatoms. The van der Waals surface area contributed by atoms with Crippen LogP contribution in [0.3, 0.4) is 0 Å². The van der Waals surface area contributed by atoms with E-state index in [9.17, 15) is 0 Å². The fourth-order valence-electron chi connectivity index (χ4n) is 2.92. The lowest BCUT2D eigenvalue weighted by molar-refractivity contribution is 0.686. The SMILES string of the molecule is Cc1cccc(Cn2cc(Nc3nc(N)nc4c3nc(C)n4C)cn2)c1. The molecule has 0 radical (unpaired) electrons. The van der Waals surface area contributed by atoms with Gasteiger partial charge in [-0.1, -0.05) is 29.8 Å². The summed E-state index contributed by atoms with van der Waals surface area (Å²) >= 11 is 0. The fourth-order valence-corrected chi connectivity index (χ4v) is 2.92. The van der Waals surface area contributed by atoms with Gasteiger partial charge in [0, 0.05) is 13.2 Å². The number of rotatable bonds is 4. The van der Waals surface area contributed by atoms with Crippen LogP contribution in [0.25, 0.3) is 11.2 Å². The largest absolute Gasteiger partial charge is 0.368 e. The molecule has 3 N–H and O–H groups in total. The van der Waals surface area contributed by atoms with Crippen LogP contribution >= 0.6 is 0 Å². The van der Waals surface area contributed by atoms with Crippen molar-refractivity contribution in [1.82, 2.24) is 29.3 Å². The molecule has 0 atom stereocenters. The highest BCUT2D eigenvalue weighted by atomic mass is 15.3. The van der Waals surface area contributed by atoms with Crippen molar-refractivity contribution in [3.8, 4) is 0 Å². The number of nitrogens with two attached hydrogens (primary N) is 1. The molecule has 0 aliphatic heterocycles. The Labute approximate surface area is 150 Å². The third-order valence-corrected chi connectivity index (χ3v) is 4.28. The van der Waals surface area contributed by atoms with Gasteiger partial charge < -0.3 is 15.6 Å². The molecule has 4 aromatic rings. The molecule has 4 rings (SSSR count). The summed E-state index contributed by atoms with van der Waals surface area (Å²) < 4.78 is 3.77. The second-order valence-corrected chi connectivity index (χ2v) is 6.36. The van der Waals surface area contributed by atoms with Crippen LogP contribution in [-0.2, 0) is 13.6 Å². The highest BCUT2D eigenvalue weighted by molar-refractivity contribution is 5.86. The van der Waals surface area contributed by atoms with Crippen molar-refractivity contribution < 1.29 is 0 Å². The Balaban J connectivity index is 1.61. The molecule has 0 aliphatic rings. The number of fused-ring (bicyclic) bond motifs is 1. The van der Waals surface area contributed by atoms with Gasteiger partial charge in [-0.15, -0.1) is 0 Å². The summed E-state index contributed by atoms with van der Waals surface area (Å²) in [6.45, 7) is 4.70. The van der Waals surface area contributed by atoms with Gasteiger partial charge in [-0.25, -0.2) is 4.98 Å². The number of anilines is 3. The van der Waals surface area contributed by atoms with Gasteiger partial charge in [0.25, 0.3) is 0 Å². The Morgan fingerprint density at radius 3 is 2.81 bits per heavy atom. The minimum atomic E-state index is 0.204. The smallest absolute Gasteiger partial charge is 0.224 e. The Bertz CT molecular complexity index is 1090. The second-order valence-electron chi connectivity index (χ2n) is 6.36. The van der Waals surface area contributed by atoms with Gasteiger partial charge in [0.05, 0.1) is 18.4 Å². The normalized spacial score (nSPS) is 11.2. The van der Waals surface area contributed by atoms with Gasteiger partial charge >= 0.3 is 0 Å². The van der Waals surface area contributed by atoms with E-state index in [1.807, 2.05) is 29.4 Å². The maximum atomic E-state index is 5.85. The molecule has 0 saturated heterocycles. The Morgan fingerprint density at radius 2 is 2.00 bits per heavy atom. The van der Waals surface area contributed by atoms with Crippen LogP contribution in [0.4, 0.5) is 17.5 Å². The van der Waals surface area contributed by atoms with Crippen LogP contribution < -0.4 is 11.1 Å². The van der Waals surface area contributed by atoms with Crippen LogP contribution in [0.1, 0.15) is 17.0 Å². The molecule has 0 bridgehead atoms. The van der Waals surface area contributed by atoms with Crippen molar-refractivity contribution in [3.05, 3.63) is 53.6 Å². The topological polar surface area (TPSA) is 99.5 Å². The molecular weight excluding hydrogens is 328 g/mol. The first-order chi connectivity index (χ1) is 12.5. The molecule has 3 heterocycles. The third-order valence-electron chi connectivity index (χ3n) is 4.28. The Morgan fingerprint density at radius 1 is 1.15 bits per heavy atom. The summed E-state index contributed by atoms with van der Waals surface area (Å²) in [6.07, 6.45) is 3.69. The van der Waals surface area contributed by atoms with E-state index in [1.165, 1.54) is 11.1 Å². The predicted molar refractivity (Wildman–Crippen MR) is 101 cm³/mol. The number of nitrogen functional groups attached to an aromatic ring is 1. The molecule has 132 valence electrons. The number of hydrogen-bond acceptors (Lipinski definition) is 6. The zero-order valence-electron chi connectivity index (χ0n) is 14.9. The van der Waals surface area contributed by atoms with Crippen LogP contribution in [0.2, 0.25) is 0 Å². The maximum Gasteiger partial charge on any atom is 0.224 e. The zero-order chi connectivity index (χ0) is 18.3. The monoisotopic (exact) mass is 348 g/mol. The fraction of sp³-hybridized carbons (Fsp3) is 0.222. The Hall–Kier alpha value is -3.42. The average molecular weight is 348 g/mol. The van der Waals surface area contributed by atoms with Gasteiger partial charge in [-0.2, -0.15) is 15.1 Å². The van der Waals surface area contributed by atoms with Crippen molar-refractivity contribution in [2.75, 3.05) is 11.1 Å². The molecule has 3 aromatic heterocycles. The molecule has 1 aromatic carbocycles. The molecule has 0 aliphatic carbocycles. The number of nitrogens with one attached hydrogen (secondary N) is 1. The summed E-state index contributed by atoms with van der Waals surface area (Å²) in [5.74, 6) is 1.62. The van der Waals surface area contributed by atoms with Gasteiger partial charge in [0.1, 0.15) is 5.82 Å². The van der Waals surface area contributed by atoms with Crippen molar-refractivity contribution in [3.63, 3.8) is 0 Å². The molecule has 0 spiro atoms. The molecule has 8 nitrogen and oxygen atoms in total. The first-order valence-electron chi connectivity index (χ1n) is 8.31. The van der Waals surface area contributed by atoms with Crippen LogP contribution in [0, 0.1) is 13.8 Å². The van der Waals surface area contributed by atoms with Crippen molar-refractivity contribution in [2.24, 2.45) is 7.05 Å². The van der Waals surface area contributed by atoms with Crippen LogP contribution in [0.15, 0.2) is 36.7 Å².